The molecule has 0 atom stereocenters. The third-order valence-corrected chi connectivity index (χ3v) is 4.50. The van der Waals surface area contributed by atoms with Crippen molar-refractivity contribution in [3.8, 4) is 22.9 Å². The van der Waals surface area contributed by atoms with Crippen LogP contribution in [0.5, 0.6) is 5.75 Å². The van der Waals surface area contributed by atoms with E-state index in [0.717, 1.165) is 5.56 Å². The molecule has 0 radical (unpaired) electrons. The number of carbonyl (C=O) groups is 1. The number of benzene rings is 2. The number of ether oxygens (including phenoxy) is 1. The number of Topliss-reactive ketones (excluding diaryl/α,β-unsaturated/α-hetero) is 1. The summed E-state index contributed by atoms with van der Waals surface area (Å²) < 4.78 is 10.9. The summed E-state index contributed by atoms with van der Waals surface area (Å²) in [4.78, 5) is 26.9. The van der Waals surface area contributed by atoms with Crippen molar-refractivity contribution in [2.75, 3.05) is 21.2 Å². The molecule has 0 fully saturated rings. The van der Waals surface area contributed by atoms with Gasteiger partial charge in [-0.25, -0.2) is 4.79 Å². The highest BCUT2D eigenvalue weighted by Crippen LogP contribution is 2.36. The minimum absolute atomic E-state index is 0.0225. The lowest BCUT2D eigenvalue weighted by atomic mass is 9.94. The van der Waals surface area contributed by atoms with Gasteiger partial charge in [0.05, 0.1) is 12.7 Å². The average Bonchev–Trinajstić information content (AvgIpc) is 2.71. The third-order valence-electron chi connectivity index (χ3n) is 4.50. The zero-order valence-electron chi connectivity index (χ0n) is 16.6. The molecule has 1 heterocycles. The Hall–Kier alpha value is -3.85. The lowest BCUT2D eigenvalue weighted by molar-refractivity contribution is 0.103. The number of aryl methyl sites for hydroxylation is 1. The predicted octanol–water partition coefficient (Wildman–Crippen LogP) is 3.93. The first-order chi connectivity index (χ1) is 13.9. The fourth-order valence-corrected chi connectivity index (χ4v) is 3.27. The summed E-state index contributed by atoms with van der Waals surface area (Å²) in [6.07, 6.45) is 1.46. The molecule has 29 heavy (non-hydrogen) atoms. The SMILES string of the molecule is COc1c(C(=O)/C(C#N)=C/N(C)C)cc2c(-c3ccccc3)cc(=O)oc2c1C. The second-order valence-corrected chi connectivity index (χ2v) is 6.75. The van der Waals surface area contributed by atoms with Gasteiger partial charge in [0.25, 0.3) is 0 Å². The summed E-state index contributed by atoms with van der Waals surface area (Å²) in [5.74, 6) is -0.191. The highest BCUT2D eigenvalue weighted by Gasteiger charge is 2.23. The molecule has 0 aliphatic rings. The standard InChI is InChI=1S/C23H20N2O4/c1-14-22(28-4)19(21(27)16(12-24)13-25(2)3)10-18-17(11-20(26)29-23(14)18)15-8-6-5-7-9-15/h5-11,13H,1-4H3/b16-13+. The number of ketones is 1. The van der Waals surface area contributed by atoms with Crippen molar-refractivity contribution >= 4 is 16.8 Å². The van der Waals surface area contributed by atoms with Crippen LogP contribution in [0.1, 0.15) is 15.9 Å². The number of rotatable bonds is 5. The Bertz CT molecular complexity index is 1220. The molecule has 0 spiro atoms. The molecule has 0 N–H and O–H groups in total. The van der Waals surface area contributed by atoms with E-state index >= 15 is 0 Å². The number of hydrogen-bond acceptors (Lipinski definition) is 6. The smallest absolute Gasteiger partial charge is 0.336 e. The van der Waals surface area contributed by atoms with Gasteiger partial charge in [0.2, 0.25) is 5.78 Å². The van der Waals surface area contributed by atoms with Crippen LogP contribution in [0.2, 0.25) is 0 Å². The minimum atomic E-state index is -0.495. The van der Waals surface area contributed by atoms with Crippen LogP contribution in [0, 0.1) is 18.3 Å². The lowest BCUT2D eigenvalue weighted by Crippen LogP contribution is -2.11. The first-order valence-corrected chi connectivity index (χ1v) is 8.91. The Labute approximate surface area is 168 Å². The Kier molecular flexibility index (Phi) is 5.51. The Morgan fingerprint density at radius 1 is 1.21 bits per heavy atom. The van der Waals surface area contributed by atoms with Crippen molar-refractivity contribution in [2.45, 2.75) is 6.92 Å². The second-order valence-electron chi connectivity index (χ2n) is 6.75. The number of methoxy groups -OCH3 is 1. The maximum absolute atomic E-state index is 13.1. The van der Waals surface area contributed by atoms with E-state index in [2.05, 4.69) is 0 Å². The summed E-state index contributed by atoms with van der Waals surface area (Å²) in [7, 11) is 4.90. The Morgan fingerprint density at radius 3 is 2.48 bits per heavy atom. The summed E-state index contributed by atoms with van der Waals surface area (Å²) in [6, 6.07) is 14.3. The van der Waals surface area contributed by atoms with Gasteiger partial charge in [0, 0.05) is 37.3 Å². The first kappa shape index (κ1) is 19.9. The zero-order chi connectivity index (χ0) is 21.1. The highest BCUT2D eigenvalue weighted by atomic mass is 16.5. The van der Waals surface area contributed by atoms with Crippen molar-refractivity contribution < 1.29 is 13.9 Å². The summed E-state index contributed by atoms with van der Waals surface area (Å²) in [6.45, 7) is 1.72. The van der Waals surface area contributed by atoms with Gasteiger partial charge in [-0.2, -0.15) is 5.26 Å². The maximum Gasteiger partial charge on any atom is 0.336 e. The zero-order valence-corrected chi connectivity index (χ0v) is 16.6. The van der Waals surface area contributed by atoms with Crippen LogP contribution in [-0.4, -0.2) is 31.9 Å². The summed E-state index contributed by atoms with van der Waals surface area (Å²) in [5.41, 5.74) is 2.05. The largest absolute Gasteiger partial charge is 0.496 e. The number of allylic oxidation sites excluding steroid dienone is 1. The van der Waals surface area contributed by atoms with Gasteiger partial charge >= 0.3 is 5.63 Å². The second kappa shape index (κ2) is 8.03. The number of hydrogen-bond donors (Lipinski definition) is 0. The van der Waals surface area contributed by atoms with Gasteiger partial charge in [-0.15, -0.1) is 0 Å². The third kappa shape index (κ3) is 3.76. The molecular formula is C23H20N2O4. The van der Waals surface area contributed by atoms with Crippen LogP contribution < -0.4 is 10.4 Å². The molecule has 0 unspecified atom stereocenters. The molecule has 0 bridgehead atoms. The van der Waals surface area contributed by atoms with Crippen molar-refractivity contribution in [2.24, 2.45) is 0 Å². The van der Waals surface area contributed by atoms with Crippen molar-refractivity contribution in [3.63, 3.8) is 0 Å². The average molecular weight is 388 g/mol. The number of nitrogens with zero attached hydrogens (tertiary/aromatic N) is 2. The molecule has 2 aromatic carbocycles. The van der Waals surface area contributed by atoms with Crippen LogP contribution >= 0.6 is 0 Å². The van der Waals surface area contributed by atoms with E-state index in [1.807, 2.05) is 36.4 Å². The van der Waals surface area contributed by atoms with Gasteiger partial charge in [0.1, 0.15) is 23.0 Å². The van der Waals surface area contributed by atoms with Crippen molar-refractivity contribution in [1.82, 2.24) is 4.90 Å². The molecule has 6 nitrogen and oxygen atoms in total. The van der Waals surface area contributed by atoms with Gasteiger partial charge in [0.15, 0.2) is 0 Å². The number of carbonyl (C=O) groups excluding carboxylic acids is 1. The molecule has 0 amide bonds. The Balaban J connectivity index is 2.38. The van der Waals surface area contributed by atoms with Gasteiger partial charge in [-0.1, -0.05) is 30.3 Å². The van der Waals surface area contributed by atoms with Crippen LogP contribution in [0.3, 0.4) is 0 Å². The van der Waals surface area contributed by atoms with Crippen LogP contribution in [0.4, 0.5) is 0 Å². The molecule has 1 aromatic heterocycles. The van der Waals surface area contributed by atoms with Crippen LogP contribution in [0.15, 0.2) is 63.4 Å². The van der Waals surface area contributed by atoms with E-state index < -0.39 is 11.4 Å². The number of fused-ring (bicyclic) bond motifs is 1. The van der Waals surface area contributed by atoms with E-state index in [4.69, 9.17) is 9.15 Å². The van der Waals surface area contributed by atoms with E-state index in [-0.39, 0.29) is 16.9 Å². The molecule has 3 rings (SSSR count). The molecule has 0 saturated carbocycles. The van der Waals surface area contributed by atoms with Gasteiger partial charge < -0.3 is 14.1 Å². The van der Waals surface area contributed by atoms with Gasteiger partial charge in [-0.05, 0) is 24.1 Å². The van der Waals surface area contributed by atoms with E-state index in [1.54, 1.807) is 32.0 Å². The molecular weight excluding hydrogens is 368 g/mol. The minimum Gasteiger partial charge on any atom is -0.496 e. The van der Waals surface area contributed by atoms with Crippen molar-refractivity contribution in [1.29, 1.82) is 5.26 Å². The topological polar surface area (TPSA) is 83.5 Å². The molecule has 0 saturated heterocycles. The maximum atomic E-state index is 13.1. The van der Waals surface area contributed by atoms with E-state index in [1.165, 1.54) is 19.4 Å². The Morgan fingerprint density at radius 2 is 1.90 bits per heavy atom. The fraction of sp³-hybridized carbons (Fsp3) is 0.174. The molecule has 6 heteroatoms. The quantitative estimate of drug-likeness (QED) is 0.285. The molecule has 146 valence electrons. The van der Waals surface area contributed by atoms with Crippen molar-refractivity contribution in [3.05, 3.63) is 75.8 Å². The molecule has 0 aliphatic heterocycles. The fourth-order valence-electron chi connectivity index (χ4n) is 3.27. The number of nitriles is 1. The highest BCUT2D eigenvalue weighted by molar-refractivity contribution is 6.15. The van der Waals surface area contributed by atoms with E-state index in [0.29, 0.717) is 22.1 Å². The van der Waals surface area contributed by atoms with E-state index in [9.17, 15) is 14.9 Å². The lowest BCUT2D eigenvalue weighted by Gasteiger charge is -2.15. The summed E-state index contributed by atoms with van der Waals surface area (Å²) in [5, 5.41) is 10.1. The van der Waals surface area contributed by atoms with Gasteiger partial charge in [-0.3, -0.25) is 4.79 Å². The molecule has 0 aliphatic carbocycles. The predicted molar refractivity (Wildman–Crippen MR) is 111 cm³/mol. The monoisotopic (exact) mass is 388 g/mol. The first-order valence-electron chi connectivity index (χ1n) is 8.91. The van der Waals surface area contributed by atoms with Crippen LogP contribution in [-0.2, 0) is 0 Å². The van der Waals surface area contributed by atoms with Crippen LogP contribution in [0.25, 0.3) is 22.1 Å². The normalized spacial score (nSPS) is 11.2. The molecule has 3 aromatic rings. The summed E-state index contributed by atoms with van der Waals surface area (Å²) >= 11 is 0.